The van der Waals surface area contributed by atoms with Gasteiger partial charge in [0.1, 0.15) is 0 Å². The van der Waals surface area contributed by atoms with E-state index in [4.69, 9.17) is 4.99 Å². The molecule has 3 N–H and O–H groups in total. The molecule has 0 radical (unpaired) electrons. The molecule has 0 saturated carbocycles. The van der Waals surface area contributed by atoms with Crippen molar-refractivity contribution in [3.63, 3.8) is 0 Å². The first-order valence-corrected chi connectivity index (χ1v) is 12.5. The molecule has 1 heterocycles. The van der Waals surface area contributed by atoms with Crippen molar-refractivity contribution in [2.45, 2.75) is 11.8 Å². The van der Waals surface area contributed by atoms with E-state index in [1.807, 2.05) is 67.6 Å². The molecule has 0 spiro atoms. The Kier molecular flexibility index (Phi) is 5.84. The molecule has 7 heteroatoms. The maximum atomic E-state index is 13.1. The van der Waals surface area contributed by atoms with Crippen molar-refractivity contribution in [2.75, 3.05) is 4.72 Å². The summed E-state index contributed by atoms with van der Waals surface area (Å²) < 4.78 is 28.8. The van der Waals surface area contributed by atoms with E-state index in [1.165, 1.54) is 6.07 Å². The number of hydrogen-bond acceptors (Lipinski definition) is 4. The number of benzene rings is 4. The summed E-state index contributed by atoms with van der Waals surface area (Å²) in [6.45, 7) is 2.00. The zero-order valence-corrected chi connectivity index (χ0v) is 19.8. The molecule has 174 valence electrons. The minimum absolute atomic E-state index is 0.0804. The van der Waals surface area contributed by atoms with E-state index in [-0.39, 0.29) is 10.8 Å². The van der Waals surface area contributed by atoms with E-state index in [0.717, 1.165) is 16.8 Å². The molecular formula is C28H23N3O3S. The molecule has 0 aliphatic heterocycles. The Morgan fingerprint density at radius 2 is 1.51 bits per heavy atom. The Labute approximate surface area is 203 Å². The number of sulfonamides is 1. The Hall–Kier alpha value is -4.36. The Morgan fingerprint density at radius 3 is 2.20 bits per heavy atom. The zero-order valence-electron chi connectivity index (χ0n) is 18.9. The number of H-pyrrole nitrogens is 1. The predicted octanol–water partition coefficient (Wildman–Crippen LogP) is 6.15. The molecule has 5 rings (SSSR count). The van der Waals surface area contributed by atoms with Crippen molar-refractivity contribution in [1.82, 2.24) is 4.98 Å². The van der Waals surface area contributed by atoms with Crippen LogP contribution >= 0.6 is 0 Å². The van der Waals surface area contributed by atoms with Crippen molar-refractivity contribution >= 4 is 38.0 Å². The number of nitrogens with zero attached hydrogens (tertiary/aromatic N) is 1. The number of hydrogen-bond donors (Lipinski definition) is 3. The summed E-state index contributed by atoms with van der Waals surface area (Å²) in [5.41, 5.74) is 4.66. The lowest BCUT2D eigenvalue weighted by molar-refractivity contribution is 0.457. The van der Waals surface area contributed by atoms with Crippen LogP contribution in [0.3, 0.4) is 0 Å². The first-order valence-electron chi connectivity index (χ1n) is 11.0. The fraction of sp³-hybridized carbons (Fsp3) is 0.0357. The van der Waals surface area contributed by atoms with Gasteiger partial charge in [-0.1, -0.05) is 66.2 Å². The highest BCUT2D eigenvalue weighted by Crippen LogP contribution is 2.33. The maximum absolute atomic E-state index is 13.1. The summed E-state index contributed by atoms with van der Waals surface area (Å²) in [6.07, 6.45) is 0. The summed E-state index contributed by atoms with van der Waals surface area (Å²) in [5.74, 6) is -0.0831. The molecule has 0 bridgehead atoms. The van der Waals surface area contributed by atoms with E-state index in [0.29, 0.717) is 27.9 Å². The number of anilines is 1. The molecule has 4 aromatic carbocycles. The molecule has 0 unspecified atom stereocenters. The van der Waals surface area contributed by atoms with Gasteiger partial charge >= 0.3 is 0 Å². The highest BCUT2D eigenvalue weighted by atomic mass is 32.2. The highest BCUT2D eigenvalue weighted by Gasteiger charge is 2.22. The van der Waals surface area contributed by atoms with Crippen LogP contribution in [0, 0.1) is 6.92 Å². The summed E-state index contributed by atoms with van der Waals surface area (Å²) >= 11 is 0. The number of aromatic hydroxyl groups is 1. The molecule has 5 aromatic rings. The van der Waals surface area contributed by atoms with E-state index >= 15 is 0 Å². The average molecular weight is 482 g/mol. The number of aromatic nitrogens is 1. The van der Waals surface area contributed by atoms with Crippen LogP contribution in [0.4, 0.5) is 11.4 Å². The van der Waals surface area contributed by atoms with Crippen molar-refractivity contribution < 1.29 is 13.5 Å². The second-order valence-electron chi connectivity index (χ2n) is 8.19. The van der Waals surface area contributed by atoms with Crippen LogP contribution in [0.5, 0.6) is 5.88 Å². The highest BCUT2D eigenvalue weighted by molar-refractivity contribution is 7.92. The van der Waals surface area contributed by atoms with Gasteiger partial charge in [0, 0.05) is 22.2 Å². The lowest BCUT2D eigenvalue weighted by atomic mass is 10.0. The molecule has 0 saturated heterocycles. The third-order valence-electron chi connectivity index (χ3n) is 5.65. The molecule has 0 aliphatic carbocycles. The van der Waals surface area contributed by atoms with Crippen LogP contribution in [-0.4, -0.2) is 24.2 Å². The first-order chi connectivity index (χ1) is 16.9. The number of rotatable bonds is 6. The molecular weight excluding hydrogens is 458 g/mol. The number of nitrogens with one attached hydrogen (secondary N) is 2. The van der Waals surface area contributed by atoms with E-state index in [9.17, 15) is 13.5 Å². The number of aliphatic imine (C=N–C) groups is 1. The third kappa shape index (κ3) is 4.67. The minimum atomic E-state index is -3.85. The lowest BCUT2D eigenvalue weighted by Crippen LogP contribution is -2.12. The molecule has 6 nitrogen and oxygen atoms in total. The van der Waals surface area contributed by atoms with Crippen LogP contribution in [0.2, 0.25) is 0 Å². The van der Waals surface area contributed by atoms with Crippen molar-refractivity contribution in [2.24, 2.45) is 4.99 Å². The van der Waals surface area contributed by atoms with Crippen molar-refractivity contribution in [3.8, 4) is 5.88 Å². The molecule has 0 aliphatic rings. The summed E-state index contributed by atoms with van der Waals surface area (Å²) in [6, 6.07) is 30.7. The van der Waals surface area contributed by atoms with Crippen LogP contribution in [0.15, 0.2) is 113 Å². The van der Waals surface area contributed by atoms with Crippen LogP contribution < -0.4 is 4.72 Å². The monoisotopic (exact) mass is 481 g/mol. The average Bonchev–Trinajstić information content (AvgIpc) is 3.19. The third-order valence-corrected chi connectivity index (χ3v) is 7.02. The Bertz CT molecular complexity index is 1620. The van der Waals surface area contributed by atoms with Gasteiger partial charge in [-0.15, -0.1) is 0 Å². The first kappa shape index (κ1) is 22.4. The summed E-state index contributed by atoms with van der Waals surface area (Å²) in [7, 11) is -3.85. The van der Waals surface area contributed by atoms with Crippen molar-refractivity contribution in [3.05, 3.63) is 120 Å². The second-order valence-corrected chi connectivity index (χ2v) is 9.87. The van der Waals surface area contributed by atoms with E-state index in [2.05, 4.69) is 9.71 Å². The predicted molar refractivity (Wildman–Crippen MR) is 140 cm³/mol. The molecule has 0 fully saturated rings. The van der Waals surface area contributed by atoms with Crippen LogP contribution in [0.25, 0.3) is 10.9 Å². The normalized spacial score (nSPS) is 12.1. The van der Waals surface area contributed by atoms with Gasteiger partial charge in [-0.25, -0.2) is 13.4 Å². The van der Waals surface area contributed by atoms with Gasteiger partial charge in [-0.2, -0.15) is 0 Å². The van der Waals surface area contributed by atoms with Gasteiger partial charge in [0.05, 0.1) is 21.9 Å². The fourth-order valence-corrected chi connectivity index (χ4v) is 4.98. The van der Waals surface area contributed by atoms with Crippen molar-refractivity contribution in [1.29, 1.82) is 0 Å². The topological polar surface area (TPSA) is 94.6 Å². The summed E-state index contributed by atoms with van der Waals surface area (Å²) in [4.78, 5) is 7.90. The fourth-order valence-electron chi connectivity index (χ4n) is 3.89. The standard InChI is InChI=1S/C28H23N3O3S/c1-19-12-14-21(15-13-19)29-27(20-8-4-2-5-9-20)26-24-18-23(16-17-25(24)30-28(26)32)35(33,34)31-22-10-6-3-7-11-22/h2-18,30-32H,1H3. The largest absolute Gasteiger partial charge is 0.494 e. The van der Waals surface area contributed by atoms with Crippen LogP contribution in [0.1, 0.15) is 16.7 Å². The van der Waals surface area contributed by atoms with Gasteiger partial charge in [-0.05, 0) is 49.4 Å². The zero-order chi connectivity index (χ0) is 24.4. The Balaban J connectivity index is 1.67. The lowest BCUT2D eigenvalue weighted by Gasteiger charge is -2.10. The molecule has 0 atom stereocenters. The summed E-state index contributed by atoms with van der Waals surface area (Å²) in [5, 5.41) is 11.5. The van der Waals surface area contributed by atoms with Gasteiger partial charge in [0.15, 0.2) is 5.88 Å². The number of aromatic amines is 1. The number of para-hydroxylation sites is 1. The van der Waals surface area contributed by atoms with Gasteiger partial charge < -0.3 is 10.1 Å². The quantitative estimate of drug-likeness (QED) is 0.254. The SMILES string of the molecule is Cc1ccc(N=C(c2ccccc2)c2c(O)[nH]c3ccc(S(=O)(=O)Nc4ccccc4)cc23)cc1. The molecule has 0 amide bonds. The minimum Gasteiger partial charge on any atom is -0.494 e. The van der Waals surface area contributed by atoms with Crippen LogP contribution in [-0.2, 0) is 10.0 Å². The number of fused-ring (bicyclic) bond motifs is 1. The molecule has 35 heavy (non-hydrogen) atoms. The Morgan fingerprint density at radius 1 is 0.857 bits per heavy atom. The number of aryl methyl sites for hydroxylation is 1. The van der Waals surface area contributed by atoms with Gasteiger partial charge in [0.25, 0.3) is 10.0 Å². The van der Waals surface area contributed by atoms with Gasteiger partial charge in [0.2, 0.25) is 0 Å². The van der Waals surface area contributed by atoms with E-state index < -0.39 is 10.0 Å². The van der Waals surface area contributed by atoms with Gasteiger partial charge in [-0.3, -0.25) is 4.72 Å². The smallest absolute Gasteiger partial charge is 0.261 e. The van der Waals surface area contributed by atoms with E-state index in [1.54, 1.807) is 36.4 Å². The maximum Gasteiger partial charge on any atom is 0.261 e. The second kappa shape index (κ2) is 9.12. The molecule has 1 aromatic heterocycles.